The van der Waals surface area contributed by atoms with Gasteiger partial charge in [-0.1, -0.05) is 12.1 Å². The van der Waals surface area contributed by atoms with E-state index in [1.807, 2.05) is 0 Å². The summed E-state index contributed by atoms with van der Waals surface area (Å²) in [5.41, 5.74) is 1.22. The zero-order chi connectivity index (χ0) is 18.1. The lowest BCUT2D eigenvalue weighted by Crippen LogP contribution is -2.18. The molecule has 1 aromatic heterocycles. The van der Waals surface area contributed by atoms with Crippen LogP contribution in [0.15, 0.2) is 41.5 Å². The molecule has 0 unspecified atom stereocenters. The Morgan fingerprint density at radius 2 is 2.08 bits per heavy atom. The molecule has 0 radical (unpaired) electrons. The molecule has 0 amide bonds. The van der Waals surface area contributed by atoms with Gasteiger partial charge in [0.1, 0.15) is 11.5 Å². The molecule has 1 N–H and O–H groups in total. The van der Waals surface area contributed by atoms with Crippen molar-refractivity contribution in [1.29, 1.82) is 0 Å². The fraction of sp³-hybridized carbons (Fsp3) is 0.176. The summed E-state index contributed by atoms with van der Waals surface area (Å²) in [4.78, 5) is 30.8. The number of hydrogen-bond donors (Lipinski definition) is 1. The number of rotatable bonds is 4. The van der Waals surface area contributed by atoms with E-state index in [9.17, 15) is 19.3 Å². The molecule has 0 bridgehead atoms. The average molecular weight is 342 g/mol. The summed E-state index contributed by atoms with van der Waals surface area (Å²) in [6.45, 7) is 1.94. The molecule has 0 aliphatic carbocycles. The van der Waals surface area contributed by atoms with E-state index >= 15 is 0 Å². The lowest BCUT2D eigenvalue weighted by molar-refractivity contribution is -0.384. The van der Waals surface area contributed by atoms with Crippen molar-refractivity contribution in [2.45, 2.75) is 13.5 Å². The zero-order valence-electron chi connectivity index (χ0n) is 13.6. The molecular formula is C17H15FN4O3. The van der Waals surface area contributed by atoms with Crippen LogP contribution in [0.2, 0.25) is 0 Å². The van der Waals surface area contributed by atoms with Crippen LogP contribution in [0, 0.1) is 22.9 Å². The molecular weight excluding hydrogens is 327 g/mol. The molecule has 0 spiro atoms. The second-order valence-electron chi connectivity index (χ2n) is 5.79. The smallest absolute Gasteiger partial charge is 0.293 e. The standard InChI is InChI=1S/C17H15FN4O3/c1-10-3-4-11(5-13(10)18)8-21(2)15-7-14-12(6-16(15)22(24)25)17(23)20-9-19-14/h3-7,9H,8H2,1-2H3,(H,19,20,23). The lowest BCUT2D eigenvalue weighted by Gasteiger charge is -2.20. The first-order chi connectivity index (χ1) is 11.9. The van der Waals surface area contributed by atoms with Gasteiger partial charge in [-0.15, -0.1) is 0 Å². The first-order valence-electron chi connectivity index (χ1n) is 7.49. The highest BCUT2D eigenvalue weighted by atomic mass is 19.1. The molecule has 0 saturated carbocycles. The second-order valence-corrected chi connectivity index (χ2v) is 5.79. The molecule has 0 atom stereocenters. The Kier molecular flexibility index (Phi) is 4.18. The molecule has 0 fully saturated rings. The highest BCUT2D eigenvalue weighted by molar-refractivity contribution is 5.86. The lowest BCUT2D eigenvalue weighted by atomic mass is 10.1. The fourth-order valence-electron chi connectivity index (χ4n) is 2.64. The molecule has 0 aliphatic heterocycles. The number of aryl methyl sites for hydroxylation is 1. The number of nitrogens with one attached hydrogen (secondary N) is 1. The van der Waals surface area contributed by atoms with Gasteiger partial charge in [0.2, 0.25) is 0 Å². The number of nitro groups is 1. The third-order valence-electron chi connectivity index (χ3n) is 4.00. The predicted molar refractivity (Wildman–Crippen MR) is 92.3 cm³/mol. The highest BCUT2D eigenvalue weighted by Crippen LogP contribution is 2.31. The van der Waals surface area contributed by atoms with Gasteiger partial charge in [0, 0.05) is 19.7 Å². The van der Waals surface area contributed by atoms with Crippen LogP contribution in [0.4, 0.5) is 15.8 Å². The monoisotopic (exact) mass is 342 g/mol. The summed E-state index contributed by atoms with van der Waals surface area (Å²) in [5.74, 6) is -0.327. The van der Waals surface area contributed by atoms with Crippen LogP contribution in [0.5, 0.6) is 0 Å². The van der Waals surface area contributed by atoms with Crippen LogP contribution in [-0.2, 0) is 6.54 Å². The van der Waals surface area contributed by atoms with Gasteiger partial charge in [0.05, 0.1) is 22.2 Å². The summed E-state index contributed by atoms with van der Waals surface area (Å²) in [7, 11) is 1.67. The van der Waals surface area contributed by atoms with Crippen LogP contribution in [0.3, 0.4) is 0 Å². The van der Waals surface area contributed by atoms with Gasteiger partial charge < -0.3 is 9.88 Å². The minimum absolute atomic E-state index is 0.146. The third kappa shape index (κ3) is 3.18. The van der Waals surface area contributed by atoms with Crippen LogP contribution >= 0.6 is 0 Å². The maximum absolute atomic E-state index is 13.7. The minimum Gasteiger partial charge on any atom is -0.365 e. The molecule has 2 aromatic carbocycles. The highest BCUT2D eigenvalue weighted by Gasteiger charge is 2.20. The predicted octanol–water partition coefficient (Wildman–Crippen LogP) is 2.92. The third-order valence-corrected chi connectivity index (χ3v) is 4.00. The van der Waals surface area contributed by atoms with Gasteiger partial charge in [-0.05, 0) is 30.2 Å². The average Bonchev–Trinajstić information content (AvgIpc) is 2.57. The van der Waals surface area contributed by atoms with Crippen LogP contribution < -0.4 is 10.5 Å². The van der Waals surface area contributed by atoms with Crippen molar-refractivity contribution in [3.05, 3.63) is 74.1 Å². The van der Waals surface area contributed by atoms with E-state index in [0.717, 1.165) is 0 Å². The minimum atomic E-state index is -0.548. The van der Waals surface area contributed by atoms with E-state index in [1.165, 1.54) is 24.5 Å². The maximum Gasteiger partial charge on any atom is 0.293 e. The number of fused-ring (bicyclic) bond motifs is 1. The van der Waals surface area contributed by atoms with Crippen molar-refractivity contribution in [3.8, 4) is 0 Å². The van der Waals surface area contributed by atoms with E-state index in [-0.39, 0.29) is 23.4 Å². The second kappa shape index (κ2) is 6.31. The van der Waals surface area contributed by atoms with Gasteiger partial charge in [-0.3, -0.25) is 14.9 Å². The Labute approximate surface area is 141 Å². The molecule has 8 heteroatoms. The summed E-state index contributed by atoms with van der Waals surface area (Å²) in [6, 6.07) is 7.54. The molecule has 3 rings (SSSR count). The first kappa shape index (κ1) is 16.6. The Bertz CT molecular complexity index is 1030. The Morgan fingerprint density at radius 3 is 2.76 bits per heavy atom. The molecule has 25 heavy (non-hydrogen) atoms. The summed E-state index contributed by atoms with van der Waals surface area (Å²) in [5, 5.41) is 11.6. The van der Waals surface area contributed by atoms with Gasteiger partial charge >= 0.3 is 0 Å². The van der Waals surface area contributed by atoms with Crippen molar-refractivity contribution in [3.63, 3.8) is 0 Å². The van der Waals surface area contributed by atoms with Gasteiger partial charge in [0.15, 0.2) is 0 Å². The quantitative estimate of drug-likeness (QED) is 0.581. The number of nitro benzene ring substituents is 1. The SMILES string of the molecule is Cc1ccc(CN(C)c2cc3nc[nH]c(=O)c3cc2[N+](=O)[O-])cc1F. The van der Waals surface area contributed by atoms with Crippen molar-refractivity contribution in [2.75, 3.05) is 11.9 Å². The summed E-state index contributed by atoms with van der Waals surface area (Å²) >= 11 is 0. The molecule has 3 aromatic rings. The van der Waals surface area contributed by atoms with Gasteiger partial charge in [-0.2, -0.15) is 0 Å². The topological polar surface area (TPSA) is 92.1 Å². The summed E-state index contributed by atoms with van der Waals surface area (Å²) < 4.78 is 13.7. The van der Waals surface area contributed by atoms with E-state index in [1.54, 1.807) is 31.0 Å². The number of H-pyrrole nitrogens is 1. The molecule has 1 heterocycles. The fourth-order valence-corrected chi connectivity index (χ4v) is 2.64. The van der Waals surface area contributed by atoms with Crippen molar-refractivity contribution < 1.29 is 9.31 Å². The van der Waals surface area contributed by atoms with Crippen LogP contribution in [0.1, 0.15) is 11.1 Å². The Morgan fingerprint density at radius 1 is 1.32 bits per heavy atom. The van der Waals surface area contributed by atoms with Crippen LogP contribution in [0.25, 0.3) is 10.9 Å². The normalized spacial score (nSPS) is 10.8. The van der Waals surface area contributed by atoms with E-state index in [0.29, 0.717) is 22.3 Å². The zero-order valence-corrected chi connectivity index (χ0v) is 13.6. The van der Waals surface area contributed by atoms with Gasteiger partial charge in [-0.25, -0.2) is 9.37 Å². The van der Waals surface area contributed by atoms with E-state index < -0.39 is 10.5 Å². The van der Waals surface area contributed by atoms with Crippen LogP contribution in [-0.4, -0.2) is 21.9 Å². The number of anilines is 1. The Balaban J connectivity index is 2.06. The molecule has 7 nitrogen and oxygen atoms in total. The number of benzene rings is 2. The molecule has 128 valence electrons. The van der Waals surface area contributed by atoms with Gasteiger partial charge in [0.25, 0.3) is 11.2 Å². The number of nitrogens with zero attached hydrogens (tertiary/aromatic N) is 3. The van der Waals surface area contributed by atoms with E-state index in [4.69, 9.17) is 0 Å². The number of aromatic amines is 1. The Hall–Kier alpha value is -3.29. The van der Waals surface area contributed by atoms with E-state index in [2.05, 4.69) is 9.97 Å². The number of aromatic nitrogens is 2. The van der Waals surface area contributed by atoms with Crippen molar-refractivity contribution in [1.82, 2.24) is 9.97 Å². The van der Waals surface area contributed by atoms with Crippen molar-refractivity contribution >= 4 is 22.3 Å². The largest absolute Gasteiger partial charge is 0.365 e. The maximum atomic E-state index is 13.7. The number of hydrogen-bond acceptors (Lipinski definition) is 5. The molecule has 0 saturated heterocycles. The number of halogens is 1. The summed E-state index contributed by atoms with van der Waals surface area (Å²) in [6.07, 6.45) is 1.25. The van der Waals surface area contributed by atoms with Crippen molar-refractivity contribution in [2.24, 2.45) is 0 Å². The first-order valence-corrected chi connectivity index (χ1v) is 7.49. The molecule has 0 aliphatic rings.